The lowest BCUT2D eigenvalue weighted by molar-refractivity contribution is -0.115. The third kappa shape index (κ3) is 5.01. The van der Waals surface area contributed by atoms with Crippen LogP contribution in [0.25, 0.3) is 0 Å². The van der Waals surface area contributed by atoms with Gasteiger partial charge >= 0.3 is 0 Å². The molecule has 1 amide bonds. The fourth-order valence-corrected chi connectivity index (χ4v) is 4.04. The van der Waals surface area contributed by atoms with E-state index >= 15 is 0 Å². The number of carbonyl (C=O) groups excluding carboxylic acids is 1. The van der Waals surface area contributed by atoms with Crippen molar-refractivity contribution in [3.05, 3.63) is 96.1 Å². The van der Waals surface area contributed by atoms with E-state index in [1.807, 2.05) is 78.9 Å². The molecule has 1 N–H and O–H groups in total. The van der Waals surface area contributed by atoms with Gasteiger partial charge in [0.25, 0.3) is 0 Å². The Morgan fingerprint density at radius 3 is 2.15 bits per heavy atom. The highest BCUT2D eigenvalue weighted by Gasteiger charge is 2.23. The van der Waals surface area contributed by atoms with Gasteiger partial charge in [-0.05, 0) is 41.7 Å². The molecule has 0 saturated heterocycles. The molecule has 3 aromatic rings. The van der Waals surface area contributed by atoms with Crippen LogP contribution in [0.2, 0.25) is 0 Å². The molecule has 27 heavy (non-hydrogen) atoms. The highest BCUT2D eigenvalue weighted by molar-refractivity contribution is 8.00. The Labute approximate surface area is 166 Å². The summed E-state index contributed by atoms with van der Waals surface area (Å²) >= 11 is 1.58. The number of benzene rings is 3. The van der Waals surface area contributed by atoms with Crippen LogP contribution in [0.3, 0.4) is 0 Å². The molecule has 0 saturated carbocycles. The average molecular weight is 376 g/mol. The Balaban J connectivity index is 1.88. The monoisotopic (exact) mass is 375 g/mol. The quantitative estimate of drug-likeness (QED) is 0.467. The van der Waals surface area contributed by atoms with Gasteiger partial charge < -0.3 is 5.32 Å². The molecule has 3 aromatic carbocycles. The minimum atomic E-state index is -0.307. The molecule has 2 atom stereocenters. The van der Waals surface area contributed by atoms with Gasteiger partial charge in [0, 0.05) is 10.6 Å². The van der Waals surface area contributed by atoms with Gasteiger partial charge in [-0.25, -0.2) is 0 Å². The third-order valence-corrected chi connectivity index (χ3v) is 5.97. The zero-order valence-corrected chi connectivity index (χ0v) is 16.6. The van der Waals surface area contributed by atoms with Crippen LogP contribution in [0.5, 0.6) is 0 Å². The normalized spacial score (nSPS) is 13.0. The lowest BCUT2D eigenvalue weighted by Crippen LogP contribution is -2.20. The maximum Gasteiger partial charge on any atom is 0.242 e. The summed E-state index contributed by atoms with van der Waals surface area (Å²) in [6.07, 6.45) is 1.04. The number of anilines is 1. The van der Waals surface area contributed by atoms with Crippen LogP contribution in [0.1, 0.15) is 42.6 Å². The summed E-state index contributed by atoms with van der Waals surface area (Å²) in [7, 11) is 0. The predicted molar refractivity (Wildman–Crippen MR) is 115 cm³/mol. The fraction of sp³-hybridized carbons (Fsp3) is 0.208. The minimum Gasteiger partial charge on any atom is -0.325 e. The number of carbonyl (C=O) groups is 1. The number of rotatable bonds is 7. The van der Waals surface area contributed by atoms with Crippen molar-refractivity contribution in [3.63, 3.8) is 0 Å². The summed E-state index contributed by atoms with van der Waals surface area (Å²) in [5, 5.41) is 2.88. The lowest BCUT2D eigenvalue weighted by atomic mass is 9.97. The maximum atomic E-state index is 13.2. The summed E-state index contributed by atoms with van der Waals surface area (Å²) in [5.41, 5.74) is 3.10. The van der Waals surface area contributed by atoms with Crippen LogP contribution >= 0.6 is 11.8 Å². The van der Waals surface area contributed by atoms with Crippen molar-refractivity contribution in [1.29, 1.82) is 0 Å². The highest BCUT2D eigenvalue weighted by Crippen LogP contribution is 2.37. The van der Waals surface area contributed by atoms with Crippen LogP contribution in [0, 0.1) is 0 Å². The second kappa shape index (κ2) is 9.43. The second-order valence-electron chi connectivity index (χ2n) is 6.61. The van der Waals surface area contributed by atoms with E-state index in [1.54, 1.807) is 11.8 Å². The molecule has 0 heterocycles. The first-order valence-electron chi connectivity index (χ1n) is 9.35. The Hall–Kier alpha value is -2.52. The van der Waals surface area contributed by atoms with Gasteiger partial charge in [0.2, 0.25) is 5.91 Å². The first-order valence-corrected chi connectivity index (χ1v) is 10.2. The van der Waals surface area contributed by atoms with Crippen molar-refractivity contribution in [2.45, 2.75) is 36.3 Å². The van der Waals surface area contributed by atoms with Crippen LogP contribution in [0.15, 0.2) is 89.8 Å². The topological polar surface area (TPSA) is 29.1 Å². The molecule has 3 heteroatoms. The number of nitrogens with one attached hydrogen (secondary N) is 1. The molecule has 0 aliphatic heterocycles. The number of amides is 1. The lowest BCUT2D eigenvalue weighted by Gasteiger charge is -2.20. The standard InChI is InChI=1S/C24H25NOS/c1-3-18(2)21-16-10-11-17-22(21)25-24(26)23(19-12-6-4-7-13-19)27-20-14-8-5-9-15-20/h4-18,23H,3H2,1-2H3,(H,25,26)/t18-,23-/m0/s1. The fourth-order valence-electron chi connectivity index (χ4n) is 2.99. The maximum absolute atomic E-state index is 13.2. The van der Waals surface area contributed by atoms with E-state index in [0.717, 1.165) is 22.6 Å². The highest BCUT2D eigenvalue weighted by atomic mass is 32.2. The summed E-state index contributed by atoms with van der Waals surface area (Å²) in [5.74, 6) is 0.407. The minimum absolute atomic E-state index is 0.00538. The molecule has 0 aliphatic carbocycles. The first-order chi connectivity index (χ1) is 13.2. The van der Waals surface area contributed by atoms with E-state index < -0.39 is 0 Å². The average Bonchev–Trinajstić information content (AvgIpc) is 2.73. The van der Waals surface area contributed by atoms with Gasteiger partial charge in [0.15, 0.2) is 0 Å². The Morgan fingerprint density at radius 2 is 1.48 bits per heavy atom. The van der Waals surface area contributed by atoms with Crippen molar-refractivity contribution in [2.24, 2.45) is 0 Å². The van der Waals surface area contributed by atoms with Crippen molar-refractivity contribution >= 4 is 23.4 Å². The van der Waals surface area contributed by atoms with Crippen molar-refractivity contribution in [2.75, 3.05) is 5.32 Å². The zero-order chi connectivity index (χ0) is 19.1. The molecule has 3 rings (SSSR count). The smallest absolute Gasteiger partial charge is 0.242 e. The van der Waals surface area contributed by atoms with Crippen LogP contribution in [-0.4, -0.2) is 5.91 Å². The summed E-state index contributed by atoms with van der Waals surface area (Å²) in [6, 6.07) is 28.1. The number of thioether (sulfide) groups is 1. The van der Waals surface area contributed by atoms with Gasteiger partial charge in [-0.1, -0.05) is 80.6 Å². The molecule has 0 spiro atoms. The number of para-hydroxylation sites is 1. The number of hydrogen-bond donors (Lipinski definition) is 1. The van der Waals surface area contributed by atoms with Crippen LogP contribution in [-0.2, 0) is 4.79 Å². The van der Waals surface area contributed by atoms with Gasteiger partial charge in [-0.2, -0.15) is 0 Å². The van der Waals surface area contributed by atoms with E-state index in [9.17, 15) is 4.79 Å². The van der Waals surface area contributed by atoms with Crippen LogP contribution in [0.4, 0.5) is 5.69 Å². The van der Waals surface area contributed by atoms with Gasteiger partial charge in [0.1, 0.15) is 5.25 Å². The summed E-state index contributed by atoms with van der Waals surface area (Å²) in [6.45, 7) is 4.36. The Bertz CT molecular complexity index is 864. The zero-order valence-electron chi connectivity index (χ0n) is 15.8. The summed E-state index contributed by atoms with van der Waals surface area (Å²) < 4.78 is 0. The largest absolute Gasteiger partial charge is 0.325 e. The van der Waals surface area contributed by atoms with Crippen LogP contribution < -0.4 is 5.32 Å². The molecule has 0 unspecified atom stereocenters. The molecule has 138 valence electrons. The molecule has 0 aromatic heterocycles. The van der Waals surface area contributed by atoms with E-state index in [2.05, 4.69) is 25.2 Å². The van der Waals surface area contributed by atoms with E-state index in [-0.39, 0.29) is 11.2 Å². The molecule has 0 fully saturated rings. The predicted octanol–water partition coefficient (Wildman–Crippen LogP) is 6.67. The van der Waals surface area contributed by atoms with Gasteiger partial charge in [-0.3, -0.25) is 4.79 Å². The van der Waals surface area contributed by atoms with Gasteiger partial charge in [-0.15, -0.1) is 11.8 Å². The number of hydrogen-bond acceptors (Lipinski definition) is 2. The SMILES string of the molecule is CC[C@H](C)c1ccccc1NC(=O)[C@@H](Sc1ccccc1)c1ccccc1. The third-order valence-electron chi connectivity index (χ3n) is 4.70. The molecular weight excluding hydrogens is 350 g/mol. The van der Waals surface area contributed by atoms with E-state index in [0.29, 0.717) is 5.92 Å². The van der Waals surface area contributed by atoms with Crippen molar-refractivity contribution in [1.82, 2.24) is 0 Å². The van der Waals surface area contributed by atoms with Crippen molar-refractivity contribution in [3.8, 4) is 0 Å². The first kappa shape index (κ1) is 19.2. The Morgan fingerprint density at radius 1 is 0.889 bits per heavy atom. The van der Waals surface area contributed by atoms with E-state index in [1.165, 1.54) is 5.56 Å². The molecule has 0 radical (unpaired) electrons. The van der Waals surface area contributed by atoms with Gasteiger partial charge in [0.05, 0.1) is 0 Å². The molecular formula is C24H25NOS. The molecule has 0 aliphatic rings. The van der Waals surface area contributed by atoms with E-state index in [4.69, 9.17) is 0 Å². The van der Waals surface area contributed by atoms with Crippen molar-refractivity contribution < 1.29 is 4.79 Å². The Kier molecular flexibility index (Phi) is 6.72. The second-order valence-corrected chi connectivity index (χ2v) is 7.79. The molecule has 2 nitrogen and oxygen atoms in total. The molecule has 0 bridgehead atoms. The summed E-state index contributed by atoms with van der Waals surface area (Å²) in [4.78, 5) is 14.3.